The third-order valence-electron chi connectivity index (χ3n) is 3.96. The van der Waals surface area contributed by atoms with Crippen LogP contribution in [0.15, 0.2) is 29.7 Å². The van der Waals surface area contributed by atoms with Crippen LogP contribution in [0.5, 0.6) is 0 Å². The number of carbonyl (C=O) groups is 1. The van der Waals surface area contributed by atoms with Crippen LogP contribution in [-0.4, -0.2) is 35.3 Å². The Morgan fingerprint density at radius 2 is 2.41 bits per heavy atom. The molecule has 0 saturated carbocycles. The molecule has 1 aromatic rings. The van der Waals surface area contributed by atoms with Gasteiger partial charge in [-0.3, -0.25) is 9.59 Å². The summed E-state index contributed by atoms with van der Waals surface area (Å²) in [5, 5.41) is 6.99. The van der Waals surface area contributed by atoms with E-state index in [-0.39, 0.29) is 11.5 Å². The first-order valence-electron chi connectivity index (χ1n) is 7.83. The Labute approximate surface area is 130 Å². The Balaban J connectivity index is 1.98. The first-order chi connectivity index (χ1) is 10.6. The number of aromatic nitrogens is 2. The lowest BCUT2D eigenvalue weighted by Gasteiger charge is -2.33. The number of rotatable bonds is 6. The average Bonchev–Trinajstić information content (AvgIpc) is 2.53. The van der Waals surface area contributed by atoms with E-state index in [0.29, 0.717) is 25.4 Å². The van der Waals surface area contributed by atoms with Crippen molar-refractivity contribution in [2.75, 3.05) is 24.5 Å². The Hall–Kier alpha value is -2.11. The molecule has 0 spiro atoms. The lowest BCUT2D eigenvalue weighted by atomic mass is 9.94. The maximum Gasteiger partial charge on any atom is 0.268 e. The molecule has 1 unspecified atom stereocenters. The summed E-state index contributed by atoms with van der Waals surface area (Å²) in [6, 6.07) is 1.64. The van der Waals surface area contributed by atoms with Gasteiger partial charge in [0.15, 0.2) is 0 Å². The van der Waals surface area contributed by atoms with E-state index >= 15 is 0 Å². The summed E-state index contributed by atoms with van der Waals surface area (Å²) < 4.78 is 1.44. The second-order valence-electron chi connectivity index (χ2n) is 5.62. The van der Waals surface area contributed by atoms with Crippen molar-refractivity contribution in [2.45, 2.75) is 32.7 Å². The lowest BCUT2D eigenvalue weighted by Crippen LogP contribution is -2.38. The van der Waals surface area contributed by atoms with E-state index in [4.69, 9.17) is 0 Å². The molecule has 1 aliphatic rings. The van der Waals surface area contributed by atoms with Gasteiger partial charge in [0.25, 0.3) is 5.56 Å². The van der Waals surface area contributed by atoms with Gasteiger partial charge in [-0.2, -0.15) is 5.10 Å². The zero-order valence-corrected chi connectivity index (χ0v) is 13.1. The van der Waals surface area contributed by atoms with Crippen LogP contribution in [-0.2, 0) is 11.3 Å². The molecule has 1 aromatic heterocycles. The predicted molar refractivity (Wildman–Crippen MR) is 86.9 cm³/mol. The molecule has 1 fully saturated rings. The number of piperidine rings is 1. The van der Waals surface area contributed by atoms with Crippen LogP contribution >= 0.6 is 0 Å². The maximum atomic E-state index is 11.9. The van der Waals surface area contributed by atoms with Gasteiger partial charge in [0.05, 0.1) is 11.9 Å². The number of amides is 1. The summed E-state index contributed by atoms with van der Waals surface area (Å²) in [7, 11) is 0. The minimum atomic E-state index is -0.0779. The monoisotopic (exact) mass is 304 g/mol. The van der Waals surface area contributed by atoms with Crippen molar-refractivity contribution in [1.29, 1.82) is 0 Å². The Morgan fingerprint density at radius 3 is 3.09 bits per heavy atom. The van der Waals surface area contributed by atoms with Gasteiger partial charge in [0.1, 0.15) is 0 Å². The smallest absolute Gasteiger partial charge is 0.268 e. The van der Waals surface area contributed by atoms with E-state index < -0.39 is 0 Å². The molecule has 6 nitrogen and oxygen atoms in total. The Bertz CT molecular complexity index is 582. The van der Waals surface area contributed by atoms with Crippen LogP contribution in [0.2, 0.25) is 0 Å². The molecular weight excluding hydrogens is 280 g/mol. The molecule has 1 aliphatic heterocycles. The summed E-state index contributed by atoms with van der Waals surface area (Å²) in [6.07, 6.45) is 6.00. The lowest BCUT2D eigenvalue weighted by molar-refractivity contribution is -0.121. The van der Waals surface area contributed by atoms with Crippen molar-refractivity contribution in [1.82, 2.24) is 15.1 Å². The summed E-state index contributed by atoms with van der Waals surface area (Å²) in [5.74, 6) is 0.374. The molecule has 2 rings (SSSR count). The van der Waals surface area contributed by atoms with Crippen molar-refractivity contribution < 1.29 is 4.79 Å². The second-order valence-corrected chi connectivity index (χ2v) is 5.62. The highest BCUT2D eigenvalue weighted by Gasteiger charge is 2.22. The van der Waals surface area contributed by atoms with Gasteiger partial charge < -0.3 is 10.2 Å². The van der Waals surface area contributed by atoms with Crippen LogP contribution in [0, 0.1) is 5.92 Å². The normalized spacial score (nSPS) is 18.0. The van der Waals surface area contributed by atoms with Gasteiger partial charge in [-0.1, -0.05) is 6.08 Å². The predicted octanol–water partition coefficient (Wildman–Crippen LogP) is 1.17. The van der Waals surface area contributed by atoms with Gasteiger partial charge in [0, 0.05) is 38.7 Å². The molecule has 1 saturated heterocycles. The largest absolute Gasteiger partial charge is 0.370 e. The second kappa shape index (κ2) is 7.77. The topological polar surface area (TPSA) is 67.2 Å². The van der Waals surface area contributed by atoms with Crippen molar-refractivity contribution in [2.24, 2.45) is 5.92 Å². The van der Waals surface area contributed by atoms with Crippen LogP contribution < -0.4 is 15.8 Å². The van der Waals surface area contributed by atoms with Crippen LogP contribution in [0.1, 0.15) is 26.2 Å². The maximum absolute atomic E-state index is 11.9. The summed E-state index contributed by atoms with van der Waals surface area (Å²) in [6.45, 7) is 8.27. The number of carbonyl (C=O) groups excluding carboxylic acids is 1. The quantitative estimate of drug-likeness (QED) is 0.801. The molecule has 1 atom stereocenters. The first-order valence-corrected chi connectivity index (χ1v) is 7.83. The highest BCUT2D eigenvalue weighted by molar-refractivity contribution is 5.76. The van der Waals surface area contributed by atoms with Crippen molar-refractivity contribution >= 4 is 11.6 Å². The van der Waals surface area contributed by atoms with Crippen molar-refractivity contribution in [3.63, 3.8) is 0 Å². The molecule has 0 aliphatic carbocycles. The molecular formula is C16H24N4O2. The molecule has 120 valence electrons. The molecule has 22 heavy (non-hydrogen) atoms. The number of hydrogen-bond donors (Lipinski definition) is 1. The molecule has 0 bridgehead atoms. The van der Waals surface area contributed by atoms with Gasteiger partial charge in [-0.25, -0.2) is 4.68 Å². The van der Waals surface area contributed by atoms with Gasteiger partial charge in [-0.05, 0) is 25.7 Å². The highest BCUT2D eigenvalue weighted by atomic mass is 16.1. The molecule has 0 aromatic carbocycles. The van der Waals surface area contributed by atoms with Crippen LogP contribution in [0.3, 0.4) is 0 Å². The molecule has 6 heteroatoms. The van der Waals surface area contributed by atoms with Gasteiger partial charge in [0.2, 0.25) is 5.91 Å². The molecule has 2 heterocycles. The van der Waals surface area contributed by atoms with Crippen molar-refractivity contribution in [3.05, 3.63) is 35.3 Å². The van der Waals surface area contributed by atoms with Crippen LogP contribution in [0.4, 0.5) is 5.69 Å². The average molecular weight is 304 g/mol. The molecule has 1 amide bonds. The molecule has 0 radical (unpaired) electrons. The minimum Gasteiger partial charge on any atom is -0.370 e. The fourth-order valence-electron chi connectivity index (χ4n) is 2.82. The third kappa shape index (κ3) is 4.19. The van der Waals surface area contributed by atoms with Crippen molar-refractivity contribution in [3.8, 4) is 0 Å². The Morgan fingerprint density at radius 1 is 1.59 bits per heavy atom. The standard InChI is InChI=1S/C16H24N4O2/c1-3-7-17-15(21)9-13-6-5-8-19(12-13)14-10-16(22)20(4-2)18-11-14/h3,10-11,13H,1,4-9,12H2,2H3,(H,17,21). The van der Waals surface area contributed by atoms with Gasteiger partial charge in [-0.15, -0.1) is 6.58 Å². The number of hydrogen-bond acceptors (Lipinski definition) is 4. The van der Waals surface area contributed by atoms with E-state index in [1.807, 2.05) is 6.92 Å². The van der Waals surface area contributed by atoms with E-state index in [1.54, 1.807) is 18.3 Å². The number of nitrogens with zero attached hydrogens (tertiary/aromatic N) is 3. The summed E-state index contributed by atoms with van der Waals surface area (Å²) in [4.78, 5) is 25.9. The fourth-order valence-corrected chi connectivity index (χ4v) is 2.82. The number of aryl methyl sites for hydroxylation is 1. The number of nitrogens with one attached hydrogen (secondary N) is 1. The fraction of sp³-hybridized carbons (Fsp3) is 0.562. The zero-order valence-electron chi connectivity index (χ0n) is 13.1. The zero-order chi connectivity index (χ0) is 15.9. The van der Waals surface area contributed by atoms with E-state index in [2.05, 4.69) is 21.9 Å². The highest BCUT2D eigenvalue weighted by Crippen LogP contribution is 2.23. The van der Waals surface area contributed by atoms with E-state index in [0.717, 1.165) is 31.6 Å². The van der Waals surface area contributed by atoms with E-state index in [9.17, 15) is 9.59 Å². The van der Waals surface area contributed by atoms with Crippen LogP contribution in [0.25, 0.3) is 0 Å². The minimum absolute atomic E-state index is 0.0614. The first kappa shape index (κ1) is 16.3. The number of anilines is 1. The SMILES string of the molecule is C=CCNC(=O)CC1CCCN(c2cnn(CC)c(=O)c2)C1. The van der Waals surface area contributed by atoms with Gasteiger partial charge >= 0.3 is 0 Å². The Kier molecular flexibility index (Phi) is 5.75. The summed E-state index contributed by atoms with van der Waals surface area (Å²) >= 11 is 0. The summed E-state index contributed by atoms with van der Waals surface area (Å²) in [5.41, 5.74) is 0.775. The third-order valence-corrected chi connectivity index (χ3v) is 3.96. The van der Waals surface area contributed by atoms with E-state index in [1.165, 1.54) is 4.68 Å². The molecule has 1 N–H and O–H groups in total.